The Bertz CT molecular complexity index is 1030. The van der Waals surface area contributed by atoms with E-state index in [-0.39, 0.29) is 40.3 Å². The summed E-state index contributed by atoms with van der Waals surface area (Å²) in [6.45, 7) is 0.304. The molecule has 2 bridgehead atoms. The number of rotatable bonds is 7. The highest BCUT2D eigenvalue weighted by Gasteiger charge is 2.68. The number of hydrogen-bond donors (Lipinski definition) is 3. The van der Waals surface area contributed by atoms with E-state index in [1.807, 2.05) is 0 Å². The summed E-state index contributed by atoms with van der Waals surface area (Å²) in [7, 11) is 0. The van der Waals surface area contributed by atoms with E-state index in [0.717, 1.165) is 25.3 Å². The Kier molecular flexibility index (Phi) is 5.94. The molecule has 0 atom stereocenters. The monoisotopic (exact) mass is 485 g/mol. The Labute approximate surface area is 193 Å². The number of anilines is 1. The van der Waals surface area contributed by atoms with Crippen LogP contribution in [-0.4, -0.2) is 30.6 Å². The Morgan fingerprint density at radius 3 is 2.39 bits per heavy atom. The van der Waals surface area contributed by atoms with Gasteiger partial charge in [-0.25, -0.2) is 9.18 Å². The summed E-state index contributed by atoms with van der Waals surface area (Å²) in [5, 5.41) is 9.33. The van der Waals surface area contributed by atoms with E-state index in [0.29, 0.717) is 22.3 Å². The highest BCUT2D eigenvalue weighted by Crippen LogP contribution is 2.66. The molecule has 0 unspecified atom stereocenters. The van der Waals surface area contributed by atoms with Crippen LogP contribution in [0.25, 0.3) is 0 Å². The third-order valence-corrected chi connectivity index (χ3v) is 6.65. The molecule has 2 aromatic rings. The molecule has 2 aromatic carbocycles. The maximum Gasteiger partial charge on any atom is 0.319 e. The second kappa shape index (κ2) is 8.37. The van der Waals surface area contributed by atoms with Gasteiger partial charge in [0.15, 0.2) is 6.61 Å². The number of halogens is 4. The first-order chi connectivity index (χ1) is 14.7. The number of hydrogen-bond acceptors (Lipinski definition) is 3. The summed E-state index contributed by atoms with van der Waals surface area (Å²) in [5.74, 6) is -0.631. The van der Waals surface area contributed by atoms with Gasteiger partial charge in [0.2, 0.25) is 0 Å². The van der Waals surface area contributed by atoms with Crippen LogP contribution < -0.4 is 20.7 Å². The molecular formula is C21H19Cl3FN3O3. The molecule has 3 saturated carbocycles. The van der Waals surface area contributed by atoms with Crippen LogP contribution in [0.3, 0.4) is 0 Å². The summed E-state index contributed by atoms with van der Waals surface area (Å²) in [6.07, 6.45) is 2.36. The zero-order chi connectivity index (χ0) is 22.2. The van der Waals surface area contributed by atoms with Gasteiger partial charge in [0, 0.05) is 23.8 Å². The predicted molar refractivity (Wildman–Crippen MR) is 118 cm³/mol. The zero-order valence-electron chi connectivity index (χ0n) is 16.2. The van der Waals surface area contributed by atoms with Crippen LogP contribution in [0.15, 0.2) is 36.4 Å². The lowest BCUT2D eigenvalue weighted by atomic mass is 9.39. The number of carbonyl (C=O) groups excluding carboxylic acids is 2. The molecule has 0 aliphatic heterocycles. The van der Waals surface area contributed by atoms with Crippen molar-refractivity contribution in [3.05, 3.63) is 57.3 Å². The molecule has 164 valence electrons. The van der Waals surface area contributed by atoms with Gasteiger partial charge in [-0.3, -0.25) is 4.79 Å². The molecule has 3 amide bonds. The van der Waals surface area contributed by atoms with Gasteiger partial charge < -0.3 is 20.7 Å². The van der Waals surface area contributed by atoms with Crippen molar-refractivity contribution in [3.63, 3.8) is 0 Å². The number of amides is 3. The summed E-state index contributed by atoms with van der Waals surface area (Å²) in [4.78, 5) is 24.3. The van der Waals surface area contributed by atoms with Crippen LogP contribution >= 0.6 is 34.8 Å². The Hall–Kier alpha value is -2.22. The van der Waals surface area contributed by atoms with Crippen LogP contribution in [0.5, 0.6) is 5.75 Å². The van der Waals surface area contributed by atoms with Crippen molar-refractivity contribution in [1.29, 1.82) is 0 Å². The maximum atomic E-state index is 13.4. The lowest BCUT2D eigenvalue weighted by Crippen LogP contribution is -2.77. The molecular weight excluding hydrogens is 468 g/mol. The average Bonchev–Trinajstić information content (AvgIpc) is 2.66. The van der Waals surface area contributed by atoms with E-state index in [9.17, 15) is 14.0 Å². The second-order valence-electron chi connectivity index (χ2n) is 8.16. The smallest absolute Gasteiger partial charge is 0.319 e. The van der Waals surface area contributed by atoms with Crippen LogP contribution in [0.2, 0.25) is 15.1 Å². The first-order valence-electron chi connectivity index (χ1n) is 9.57. The standard InChI is InChI=1S/C21H19Cl3FN3O3/c22-14-3-1-12(5-16(14)24)27-19(30)26-11-20-8-21(9-20,10-20)28-18(29)7-31-13-2-4-15(23)17(25)6-13/h1-6H,7-11H2,(H,28,29)(H2,26,27,30). The average molecular weight is 487 g/mol. The molecule has 3 aliphatic carbocycles. The fourth-order valence-corrected chi connectivity index (χ4v) is 4.80. The molecule has 10 heteroatoms. The van der Waals surface area contributed by atoms with Gasteiger partial charge in [-0.2, -0.15) is 0 Å². The molecule has 31 heavy (non-hydrogen) atoms. The topological polar surface area (TPSA) is 79.5 Å². The fourth-order valence-electron chi connectivity index (χ4n) is 4.38. The molecule has 0 saturated heterocycles. The Morgan fingerprint density at radius 2 is 1.71 bits per heavy atom. The van der Waals surface area contributed by atoms with Crippen LogP contribution in [0, 0.1) is 11.2 Å². The minimum Gasteiger partial charge on any atom is -0.484 e. The van der Waals surface area contributed by atoms with E-state index < -0.39 is 5.82 Å². The normalized spacial score (nSPS) is 23.2. The molecule has 0 aromatic heterocycles. The summed E-state index contributed by atoms with van der Waals surface area (Å²) in [6, 6.07) is 8.55. The zero-order valence-corrected chi connectivity index (χ0v) is 18.5. The van der Waals surface area contributed by atoms with Crippen LogP contribution in [0.1, 0.15) is 19.3 Å². The molecule has 3 aliphatic rings. The number of carbonyl (C=O) groups is 2. The van der Waals surface area contributed by atoms with Gasteiger partial charge in [-0.1, -0.05) is 34.8 Å². The van der Waals surface area contributed by atoms with Crippen molar-refractivity contribution >= 4 is 52.4 Å². The minimum absolute atomic E-state index is 0.00241. The first kappa shape index (κ1) is 22.0. The summed E-state index contributed by atoms with van der Waals surface area (Å²) >= 11 is 17.4. The van der Waals surface area contributed by atoms with Crippen molar-refractivity contribution in [2.75, 3.05) is 18.5 Å². The summed E-state index contributed by atoms with van der Waals surface area (Å²) < 4.78 is 18.7. The van der Waals surface area contributed by atoms with Crippen molar-refractivity contribution in [3.8, 4) is 5.75 Å². The third-order valence-electron chi connectivity index (χ3n) is 5.61. The van der Waals surface area contributed by atoms with Crippen LogP contribution in [-0.2, 0) is 4.79 Å². The SMILES string of the molecule is O=C(COc1ccc(Cl)c(F)c1)NC12CC(CNC(=O)Nc3ccc(Cl)c(Cl)c3)(C1)C2. The predicted octanol–water partition coefficient (Wildman–Crippen LogP) is 5.03. The second-order valence-corrected chi connectivity index (χ2v) is 9.38. The number of benzene rings is 2. The van der Waals surface area contributed by atoms with Gasteiger partial charge in [0.1, 0.15) is 11.6 Å². The van der Waals surface area contributed by atoms with E-state index in [2.05, 4.69) is 16.0 Å². The van der Waals surface area contributed by atoms with E-state index in [4.69, 9.17) is 39.5 Å². The van der Waals surface area contributed by atoms with Crippen molar-refractivity contribution in [2.45, 2.75) is 24.8 Å². The van der Waals surface area contributed by atoms with Crippen molar-refractivity contribution in [2.24, 2.45) is 5.41 Å². The Balaban J connectivity index is 1.17. The molecule has 0 radical (unpaired) electrons. The van der Waals surface area contributed by atoms with Gasteiger partial charge in [0.25, 0.3) is 5.91 Å². The van der Waals surface area contributed by atoms with Gasteiger partial charge in [-0.15, -0.1) is 0 Å². The lowest BCUT2D eigenvalue weighted by Gasteiger charge is -2.70. The fraction of sp³-hybridized carbons (Fsp3) is 0.333. The highest BCUT2D eigenvalue weighted by molar-refractivity contribution is 6.42. The minimum atomic E-state index is -0.600. The van der Waals surface area contributed by atoms with Crippen molar-refractivity contribution < 1.29 is 18.7 Å². The van der Waals surface area contributed by atoms with E-state index in [1.54, 1.807) is 18.2 Å². The van der Waals surface area contributed by atoms with Gasteiger partial charge in [-0.05, 0) is 55.0 Å². The Morgan fingerprint density at radius 1 is 1.00 bits per heavy atom. The number of nitrogens with one attached hydrogen (secondary N) is 3. The van der Waals surface area contributed by atoms with Crippen LogP contribution in [0.4, 0.5) is 14.9 Å². The first-order valence-corrected chi connectivity index (χ1v) is 10.7. The molecule has 0 heterocycles. The molecule has 3 fully saturated rings. The lowest BCUT2D eigenvalue weighted by molar-refractivity contribution is -0.163. The highest BCUT2D eigenvalue weighted by atomic mass is 35.5. The largest absolute Gasteiger partial charge is 0.484 e. The molecule has 0 spiro atoms. The molecule has 3 N–H and O–H groups in total. The third kappa shape index (κ3) is 4.84. The van der Waals surface area contributed by atoms with Gasteiger partial charge >= 0.3 is 6.03 Å². The van der Waals surface area contributed by atoms with E-state index >= 15 is 0 Å². The van der Waals surface area contributed by atoms with Crippen molar-refractivity contribution in [1.82, 2.24) is 10.6 Å². The molecule has 5 rings (SSSR count). The number of ether oxygens (including phenoxy) is 1. The van der Waals surface area contributed by atoms with Gasteiger partial charge in [0.05, 0.1) is 15.1 Å². The molecule has 6 nitrogen and oxygen atoms in total. The summed E-state index contributed by atoms with van der Waals surface area (Å²) in [5.41, 5.74) is 0.310. The quantitative estimate of drug-likeness (QED) is 0.514. The number of urea groups is 1. The maximum absolute atomic E-state index is 13.4. The van der Waals surface area contributed by atoms with E-state index in [1.165, 1.54) is 12.1 Å².